The molecule has 6 aromatic rings. The maximum Gasteiger partial charge on any atom is -0.172 e. The number of fused-ring (bicyclic) bond motifs is 3. The number of aryl methyl sites for hydroxylation is 2. The zero-order valence-corrected chi connectivity index (χ0v) is 36.7. The van der Waals surface area contributed by atoms with Crippen LogP contribution in [0.4, 0.5) is 0 Å². The third-order valence-corrected chi connectivity index (χ3v) is 15.8. The fourth-order valence-electron chi connectivity index (χ4n) is 6.10. The molecule has 0 aliphatic carbocycles. The van der Waals surface area contributed by atoms with E-state index in [0.29, 0.717) is 0 Å². The molecule has 0 aliphatic heterocycles. The fourth-order valence-corrected chi connectivity index (χ4v) is 12.4. The Labute approximate surface area is 317 Å². The Kier molecular flexibility index (Phi) is 15.1. The van der Waals surface area contributed by atoms with Crippen LogP contribution in [0.25, 0.3) is 21.5 Å². The quantitative estimate of drug-likeness (QED) is 0.106. The molecule has 0 bridgehead atoms. The van der Waals surface area contributed by atoms with Crippen molar-refractivity contribution in [1.29, 1.82) is 0 Å². The summed E-state index contributed by atoms with van der Waals surface area (Å²) in [6.45, 7) is 18.1. The Balaban J connectivity index is 0.000000198. The minimum atomic E-state index is -2.71. The van der Waals surface area contributed by atoms with Crippen LogP contribution in [-0.4, -0.2) is 3.26 Å². The van der Waals surface area contributed by atoms with Gasteiger partial charge in [-0.25, -0.2) is 12.1 Å². The second-order valence-electron chi connectivity index (χ2n) is 15.4. The van der Waals surface area contributed by atoms with E-state index in [9.17, 15) is 0 Å². The van der Waals surface area contributed by atoms with Gasteiger partial charge in [-0.1, -0.05) is 76.9 Å². The second kappa shape index (κ2) is 18.8. The zero-order valence-electron chi connectivity index (χ0n) is 31.5. The number of unbranched alkanes of at least 4 members (excludes halogenated alkanes) is 2. The van der Waals surface area contributed by atoms with Gasteiger partial charge in [0.25, 0.3) is 0 Å². The van der Waals surface area contributed by atoms with Crippen LogP contribution >= 0.6 is 17.2 Å². The van der Waals surface area contributed by atoms with Crippen LogP contribution in [0.1, 0.15) is 114 Å². The first-order valence-electron chi connectivity index (χ1n) is 18.4. The van der Waals surface area contributed by atoms with Gasteiger partial charge in [0, 0.05) is 0 Å². The van der Waals surface area contributed by atoms with Crippen molar-refractivity contribution in [3.8, 4) is 0 Å². The van der Waals surface area contributed by atoms with Crippen LogP contribution in [0.5, 0.6) is 0 Å². The van der Waals surface area contributed by atoms with E-state index in [1.807, 2.05) is 30.3 Å². The maximum atomic E-state index is 6.50. The Morgan fingerprint density at radius 3 is 1.28 bits per heavy atom. The first-order chi connectivity index (χ1) is 23.8. The SMILES string of the molecule is CC(C)(C)c1ccc2c(c1)[cH-]c1cc(C(C)(C)C)ccc12.CCCCc1ccc([C](c2ccc(CCCC)cc2)=[Hf]([Cl])[Cl])cc1.c1cc[cH-]c1. The summed E-state index contributed by atoms with van der Waals surface area (Å²) >= 11 is -2.71. The van der Waals surface area contributed by atoms with Crippen molar-refractivity contribution in [1.82, 2.24) is 0 Å². The summed E-state index contributed by atoms with van der Waals surface area (Å²) in [5.74, 6) is 0. The van der Waals surface area contributed by atoms with Gasteiger partial charge in [0.1, 0.15) is 0 Å². The zero-order chi connectivity index (χ0) is 36.3. The van der Waals surface area contributed by atoms with Crippen LogP contribution in [0.3, 0.4) is 0 Å². The van der Waals surface area contributed by atoms with E-state index in [1.165, 1.54) is 83.9 Å². The van der Waals surface area contributed by atoms with E-state index in [-0.39, 0.29) is 10.8 Å². The average Bonchev–Trinajstić information content (AvgIpc) is 3.79. The van der Waals surface area contributed by atoms with Crippen molar-refractivity contribution < 1.29 is 18.6 Å². The molecule has 0 spiro atoms. The molecule has 6 aromatic carbocycles. The van der Waals surface area contributed by atoms with Gasteiger partial charge < -0.3 is 0 Å². The summed E-state index contributed by atoms with van der Waals surface area (Å²) in [6.07, 6.45) is 7.22. The van der Waals surface area contributed by atoms with Crippen LogP contribution in [0, 0.1) is 0 Å². The van der Waals surface area contributed by atoms with Crippen molar-refractivity contribution in [2.75, 3.05) is 0 Å². The number of halogens is 2. The van der Waals surface area contributed by atoms with Crippen LogP contribution in [0.2, 0.25) is 0 Å². The minimum absolute atomic E-state index is 0.203. The Morgan fingerprint density at radius 1 is 0.580 bits per heavy atom. The molecule has 0 aliphatic rings. The van der Waals surface area contributed by atoms with Gasteiger partial charge in [-0.3, -0.25) is 0 Å². The normalized spacial score (nSPS) is 11.5. The number of hydrogen-bond acceptors (Lipinski definition) is 0. The third kappa shape index (κ3) is 11.5. The van der Waals surface area contributed by atoms with Crippen LogP contribution < -0.4 is 0 Å². The van der Waals surface area contributed by atoms with E-state index in [4.69, 9.17) is 17.2 Å². The Bertz CT molecular complexity index is 1780. The summed E-state index contributed by atoms with van der Waals surface area (Å²) in [5, 5.41) is 5.48. The van der Waals surface area contributed by atoms with Crippen LogP contribution in [0.15, 0.2) is 121 Å². The van der Waals surface area contributed by atoms with Crippen LogP contribution in [-0.2, 0) is 42.3 Å². The standard InChI is InChI=1S/C21H25.C21H26.C5H5.2ClH.Hf/c1-20(2,3)16-7-9-18-14(12-16)11-15-13-17(21(4,5)6)8-10-19(15)18;1-3-5-7-18-9-13-20(14-10-18)17-21-15-11-19(12-16-21)8-6-4-2;1-2-4-5-3-1;;;/h7-13H,1-6H3;9-16H,3-8H2,1-2H3;1-5H;2*1H;/q-1;;-1;;;+2/p-2. The van der Waals surface area contributed by atoms with Gasteiger partial charge in [0.2, 0.25) is 0 Å². The Morgan fingerprint density at radius 2 is 0.980 bits per heavy atom. The number of rotatable bonds is 8. The second-order valence-corrected chi connectivity index (χ2v) is 26.9. The molecule has 0 heterocycles. The molecule has 0 atom stereocenters. The van der Waals surface area contributed by atoms with Gasteiger partial charge in [0.15, 0.2) is 0 Å². The molecule has 0 saturated carbocycles. The van der Waals surface area contributed by atoms with Gasteiger partial charge in [-0.15, -0.1) is 39.7 Å². The first-order valence-corrected chi connectivity index (χ1v) is 29.1. The first kappa shape index (κ1) is 40.2. The van der Waals surface area contributed by atoms with Gasteiger partial charge in [-0.2, -0.15) is 18.2 Å². The summed E-state index contributed by atoms with van der Waals surface area (Å²) in [5.41, 5.74) is 8.40. The summed E-state index contributed by atoms with van der Waals surface area (Å²) in [6, 6.07) is 43.9. The summed E-state index contributed by atoms with van der Waals surface area (Å²) in [4.78, 5) is 0. The molecule has 0 nitrogen and oxygen atoms in total. The molecule has 0 fully saturated rings. The predicted octanol–water partition coefficient (Wildman–Crippen LogP) is 14.6. The van der Waals surface area contributed by atoms with Gasteiger partial charge >= 0.3 is 162 Å². The average molecular weight is 870 g/mol. The fraction of sp³-hybridized carbons (Fsp3) is 0.340. The van der Waals surface area contributed by atoms with E-state index < -0.39 is 18.6 Å². The van der Waals surface area contributed by atoms with Gasteiger partial charge in [-0.05, 0) is 10.8 Å². The molecular formula is C47H56Cl2Hf-2. The number of benzene rings is 4. The predicted molar refractivity (Wildman–Crippen MR) is 222 cm³/mol. The minimum Gasteiger partial charge on any atom is -0.214 e. The molecule has 50 heavy (non-hydrogen) atoms. The topological polar surface area (TPSA) is 0 Å². The van der Waals surface area contributed by atoms with E-state index in [1.54, 1.807) is 0 Å². The number of hydrogen-bond donors (Lipinski definition) is 0. The maximum absolute atomic E-state index is 6.50. The van der Waals surface area contributed by atoms with E-state index in [2.05, 4.69) is 146 Å². The molecule has 264 valence electrons. The van der Waals surface area contributed by atoms with Crippen molar-refractivity contribution >= 4 is 42.0 Å². The Hall–Kier alpha value is -2.58. The largest absolute Gasteiger partial charge is 0.214 e. The monoisotopic (exact) mass is 870 g/mol. The molecule has 0 radical (unpaired) electrons. The third-order valence-electron chi connectivity index (χ3n) is 9.30. The molecular weight excluding hydrogens is 814 g/mol. The molecule has 3 heteroatoms. The molecule has 0 aromatic heterocycles. The van der Waals surface area contributed by atoms with Crippen molar-refractivity contribution in [3.63, 3.8) is 0 Å². The smallest absolute Gasteiger partial charge is 0.172 e. The van der Waals surface area contributed by atoms with Crippen molar-refractivity contribution in [2.24, 2.45) is 0 Å². The van der Waals surface area contributed by atoms with Gasteiger partial charge in [0.05, 0.1) is 0 Å². The summed E-state index contributed by atoms with van der Waals surface area (Å²) in [7, 11) is 13.0. The molecule has 6 rings (SSSR count). The van der Waals surface area contributed by atoms with Crippen molar-refractivity contribution in [2.45, 2.75) is 105 Å². The molecule has 0 saturated heterocycles. The van der Waals surface area contributed by atoms with E-state index in [0.717, 1.165) is 12.8 Å². The molecule has 0 amide bonds. The molecule has 0 unspecified atom stereocenters. The van der Waals surface area contributed by atoms with E-state index >= 15 is 0 Å². The molecule has 0 N–H and O–H groups in total. The summed E-state index contributed by atoms with van der Waals surface area (Å²) < 4.78 is 1.20. The van der Waals surface area contributed by atoms with Crippen molar-refractivity contribution in [3.05, 3.63) is 155 Å².